The lowest BCUT2D eigenvalue weighted by Gasteiger charge is -2.12. The van der Waals surface area contributed by atoms with E-state index in [4.69, 9.17) is 11.5 Å². The molecule has 1 aliphatic rings. The molecule has 0 aliphatic carbocycles. The van der Waals surface area contributed by atoms with Gasteiger partial charge in [0.1, 0.15) is 12.1 Å². The average molecular weight is 290 g/mol. The summed E-state index contributed by atoms with van der Waals surface area (Å²) < 4.78 is 0. The summed E-state index contributed by atoms with van der Waals surface area (Å²) in [5, 5.41) is 0. The maximum atomic E-state index is 11.3. The fourth-order valence-electron chi connectivity index (χ4n) is 1.16. The molecule has 20 heavy (non-hydrogen) atoms. The SMILES string of the molecule is NC1CCC(=O)OOC(=O)CC[C@@H](N)C(=O)OOC1=O. The van der Waals surface area contributed by atoms with Gasteiger partial charge >= 0.3 is 23.9 Å². The molecule has 0 radical (unpaired) electrons. The molecule has 0 amide bonds. The summed E-state index contributed by atoms with van der Waals surface area (Å²) in [5.74, 6) is -3.82. The second-order valence-corrected chi connectivity index (χ2v) is 4.01. The van der Waals surface area contributed by atoms with Gasteiger partial charge in [-0.3, -0.25) is 0 Å². The maximum absolute atomic E-state index is 11.3. The van der Waals surface area contributed by atoms with Gasteiger partial charge in [0.2, 0.25) is 0 Å². The Morgan fingerprint density at radius 2 is 1.05 bits per heavy atom. The van der Waals surface area contributed by atoms with Crippen molar-refractivity contribution in [1.29, 1.82) is 0 Å². The van der Waals surface area contributed by atoms with Crippen LogP contribution in [-0.2, 0) is 38.7 Å². The van der Waals surface area contributed by atoms with E-state index < -0.39 is 36.0 Å². The van der Waals surface area contributed by atoms with Gasteiger partial charge in [0.25, 0.3) is 0 Å². The summed E-state index contributed by atoms with van der Waals surface area (Å²) >= 11 is 0. The molecule has 112 valence electrons. The predicted molar refractivity (Wildman–Crippen MR) is 58.8 cm³/mol. The molecule has 10 heteroatoms. The van der Waals surface area contributed by atoms with Crippen molar-refractivity contribution >= 4 is 23.9 Å². The lowest BCUT2D eigenvalue weighted by molar-refractivity contribution is -0.264. The molecule has 1 aliphatic heterocycles. The summed E-state index contributed by atoms with van der Waals surface area (Å²) in [6, 6.07) is -2.41. The van der Waals surface area contributed by atoms with Crippen molar-refractivity contribution in [3.8, 4) is 0 Å². The minimum Gasteiger partial charge on any atom is -0.318 e. The van der Waals surface area contributed by atoms with Gasteiger partial charge in [-0.1, -0.05) is 0 Å². The lowest BCUT2D eigenvalue weighted by Crippen LogP contribution is -2.37. The summed E-state index contributed by atoms with van der Waals surface area (Å²) in [7, 11) is 0. The van der Waals surface area contributed by atoms with E-state index in [9.17, 15) is 19.2 Å². The second-order valence-electron chi connectivity index (χ2n) is 4.01. The normalized spacial score (nSPS) is 26.7. The third-order valence-corrected chi connectivity index (χ3v) is 2.36. The molecular formula is C10H14N2O8. The molecule has 0 aromatic rings. The summed E-state index contributed by atoms with van der Waals surface area (Å²) in [4.78, 5) is 61.6. The molecule has 1 saturated heterocycles. The Kier molecular flexibility index (Phi) is 5.87. The van der Waals surface area contributed by atoms with Crippen LogP contribution >= 0.6 is 0 Å². The van der Waals surface area contributed by atoms with Crippen LogP contribution in [0.4, 0.5) is 0 Å². The van der Waals surface area contributed by atoms with Crippen molar-refractivity contribution in [3.63, 3.8) is 0 Å². The van der Waals surface area contributed by atoms with E-state index in [1.165, 1.54) is 0 Å². The van der Waals surface area contributed by atoms with Crippen LogP contribution in [0.15, 0.2) is 0 Å². The van der Waals surface area contributed by atoms with Crippen molar-refractivity contribution < 1.29 is 38.7 Å². The van der Waals surface area contributed by atoms with Gasteiger partial charge in [0, 0.05) is 0 Å². The highest BCUT2D eigenvalue weighted by Gasteiger charge is 2.25. The summed E-state index contributed by atoms with van der Waals surface area (Å²) in [6.45, 7) is 0. The molecule has 1 fully saturated rings. The predicted octanol–water partition coefficient (Wildman–Crippen LogP) is -1.78. The van der Waals surface area contributed by atoms with Gasteiger partial charge in [-0.2, -0.15) is 0 Å². The van der Waals surface area contributed by atoms with Gasteiger partial charge in [-0.25, -0.2) is 38.7 Å². The zero-order valence-corrected chi connectivity index (χ0v) is 10.4. The largest absolute Gasteiger partial charge is 0.372 e. The second kappa shape index (κ2) is 7.40. The molecule has 2 atom stereocenters. The van der Waals surface area contributed by atoms with Crippen molar-refractivity contribution in [2.24, 2.45) is 11.5 Å². The van der Waals surface area contributed by atoms with E-state index in [1.54, 1.807) is 0 Å². The number of carbonyl (C=O) groups excluding carboxylic acids is 4. The van der Waals surface area contributed by atoms with Gasteiger partial charge < -0.3 is 11.5 Å². The van der Waals surface area contributed by atoms with Gasteiger partial charge in [-0.15, -0.1) is 0 Å². The smallest absolute Gasteiger partial charge is 0.318 e. The first-order chi connectivity index (χ1) is 9.40. The molecule has 4 N–H and O–H groups in total. The Morgan fingerprint density at radius 3 is 1.40 bits per heavy atom. The molecule has 0 bridgehead atoms. The molecule has 10 nitrogen and oxygen atoms in total. The van der Waals surface area contributed by atoms with Crippen molar-refractivity contribution in [2.75, 3.05) is 0 Å². The molecular weight excluding hydrogens is 276 g/mol. The van der Waals surface area contributed by atoms with Crippen LogP contribution < -0.4 is 11.5 Å². The van der Waals surface area contributed by atoms with E-state index in [1.807, 2.05) is 0 Å². The molecule has 0 aromatic heterocycles. The van der Waals surface area contributed by atoms with Gasteiger partial charge in [0.15, 0.2) is 0 Å². The quantitative estimate of drug-likeness (QED) is 0.488. The Labute approximate surface area is 113 Å². The summed E-state index contributed by atoms with van der Waals surface area (Å²) in [5.41, 5.74) is 10.8. The molecule has 0 spiro atoms. The van der Waals surface area contributed by atoms with Crippen LogP contribution in [0, 0.1) is 0 Å². The monoisotopic (exact) mass is 290 g/mol. The number of hydrogen-bond donors (Lipinski definition) is 2. The average Bonchev–Trinajstić information content (AvgIpc) is 2.43. The standard InChI is InChI=1S/C10H14N2O8/c11-5-1-3-7(13)17-18-8(14)4-2-6(12)10(16)20-19-9(5)15/h5-6H,1-4,11-12H2/t5-,6?/m1/s1. The van der Waals surface area contributed by atoms with Crippen LogP contribution in [0.3, 0.4) is 0 Å². The molecule has 1 unspecified atom stereocenters. The molecule has 1 rings (SSSR count). The van der Waals surface area contributed by atoms with Crippen LogP contribution in [0.2, 0.25) is 0 Å². The first-order valence-corrected chi connectivity index (χ1v) is 5.73. The van der Waals surface area contributed by atoms with Crippen molar-refractivity contribution in [2.45, 2.75) is 37.8 Å². The zero-order valence-electron chi connectivity index (χ0n) is 10.4. The number of rotatable bonds is 0. The van der Waals surface area contributed by atoms with E-state index >= 15 is 0 Å². The third-order valence-electron chi connectivity index (χ3n) is 2.36. The van der Waals surface area contributed by atoms with Crippen LogP contribution in [0.5, 0.6) is 0 Å². The zero-order chi connectivity index (χ0) is 15.1. The topological polar surface area (TPSA) is 157 Å². The van der Waals surface area contributed by atoms with Crippen LogP contribution in [-0.4, -0.2) is 36.0 Å². The Bertz CT molecular complexity index is 372. The maximum Gasteiger partial charge on any atom is 0.372 e. The Balaban J connectivity index is 2.65. The highest BCUT2D eigenvalue weighted by molar-refractivity contribution is 5.80. The fourth-order valence-corrected chi connectivity index (χ4v) is 1.16. The minimum absolute atomic E-state index is 0.140. The van der Waals surface area contributed by atoms with E-state index in [-0.39, 0.29) is 25.7 Å². The minimum atomic E-state index is -1.20. The Morgan fingerprint density at radius 1 is 0.700 bits per heavy atom. The lowest BCUT2D eigenvalue weighted by atomic mass is 10.2. The fraction of sp³-hybridized carbons (Fsp3) is 0.600. The number of nitrogens with two attached hydrogens (primary N) is 2. The highest BCUT2D eigenvalue weighted by Crippen LogP contribution is 2.05. The Hall–Kier alpha value is -2.20. The van der Waals surface area contributed by atoms with E-state index in [2.05, 4.69) is 19.6 Å². The molecule has 0 aromatic carbocycles. The highest BCUT2D eigenvalue weighted by atomic mass is 17.2. The van der Waals surface area contributed by atoms with Crippen molar-refractivity contribution in [1.82, 2.24) is 0 Å². The van der Waals surface area contributed by atoms with E-state index in [0.717, 1.165) is 0 Å². The van der Waals surface area contributed by atoms with Gasteiger partial charge in [0.05, 0.1) is 12.8 Å². The summed E-state index contributed by atoms with van der Waals surface area (Å²) in [6.07, 6.45) is -0.842. The number of carbonyl (C=O) groups is 4. The number of hydrogen-bond acceptors (Lipinski definition) is 10. The van der Waals surface area contributed by atoms with Crippen molar-refractivity contribution in [3.05, 3.63) is 0 Å². The first-order valence-electron chi connectivity index (χ1n) is 5.73. The van der Waals surface area contributed by atoms with Gasteiger partial charge in [-0.05, 0) is 12.8 Å². The van der Waals surface area contributed by atoms with E-state index in [0.29, 0.717) is 0 Å². The molecule has 0 saturated carbocycles. The van der Waals surface area contributed by atoms with Crippen LogP contribution in [0.1, 0.15) is 25.7 Å². The third kappa shape index (κ3) is 5.20. The molecule has 1 heterocycles. The first kappa shape index (κ1) is 15.9. The van der Waals surface area contributed by atoms with Crippen LogP contribution in [0.25, 0.3) is 0 Å².